The number of fused-ring (bicyclic) bond motifs is 1. The van der Waals surface area contributed by atoms with Gasteiger partial charge in [-0.25, -0.2) is 9.97 Å². The number of piperazine rings is 1. The molecule has 0 saturated carbocycles. The van der Waals surface area contributed by atoms with Crippen molar-refractivity contribution in [3.05, 3.63) is 69.8 Å². The molecule has 7 nitrogen and oxygen atoms in total. The van der Waals surface area contributed by atoms with Crippen molar-refractivity contribution < 1.29 is 9.53 Å². The van der Waals surface area contributed by atoms with E-state index < -0.39 is 0 Å². The summed E-state index contributed by atoms with van der Waals surface area (Å²) in [6.07, 6.45) is 1.59. The maximum absolute atomic E-state index is 13.3. The standard InChI is InChI=1S/C26H26ClN5O2S/c1-16-13-20(21(34-3)14-19(16)27)30-25(33)23-17(2)22-24(28-15-29-26(22)35-23)32-11-9-31(10-12-32)18-7-5-4-6-8-18/h4-8,13-15H,9-12H2,1-3H3,(H,30,33). The van der Waals surface area contributed by atoms with Gasteiger partial charge in [-0.05, 0) is 43.2 Å². The highest BCUT2D eigenvalue weighted by atomic mass is 35.5. The van der Waals surface area contributed by atoms with Gasteiger partial charge in [0.2, 0.25) is 0 Å². The van der Waals surface area contributed by atoms with Crippen molar-refractivity contribution in [2.45, 2.75) is 13.8 Å². The summed E-state index contributed by atoms with van der Waals surface area (Å²) in [5.74, 6) is 1.20. The highest BCUT2D eigenvalue weighted by molar-refractivity contribution is 7.20. The summed E-state index contributed by atoms with van der Waals surface area (Å²) in [4.78, 5) is 28.5. The van der Waals surface area contributed by atoms with E-state index in [1.54, 1.807) is 19.5 Å². The molecule has 0 atom stereocenters. The Balaban J connectivity index is 1.41. The highest BCUT2D eigenvalue weighted by Crippen LogP contribution is 2.37. The number of amides is 1. The smallest absolute Gasteiger partial charge is 0.266 e. The number of ether oxygens (including phenoxy) is 1. The number of carbonyl (C=O) groups excluding carboxylic acids is 1. The van der Waals surface area contributed by atoms with Crippen molar-refractivity contribution >= 4 is 56.3 Å². The topological polar surface area (TPSA) is 70.6 Å². The number of nitrogens with zero attached hydrogens (tertiary/aromatic N) is 4. The lowest BCUT2D eigenvalue weighted by atomic mass is 10.1. The first-order valence-corrected chi connectivity index (χ1v) is 12.6. The number of thiophene rings is 1. The monoisotopic (exact) mass is 507 g/mol. The highest BCUT2D eigenvalue weighted by Gasteiger charge is 2.25. The zero-order chi connectivity index (χ0) is 24.5. The summed E-state index contributed by atoms with van der Waals surface area (Å²) in [6, 6.07) is 14.0. The van der Waals surface area contributed by atoms with E-state index in [1.807, 2.05) is 26.0 Å². The molecule has 2 aromatic carbocycles. The number of rotatable bonds is 5. The summed E-state index contributed by atoms with van der Waals surface area (Å²) < 4.78 is 5.42. The van der Waals surface area contributed by atoms with E-state index in [-0.39, 0.29) is 5.91 Å². The Hall–Kier alpha value is -3.36. The fourth-order valence-corrected chi connectivity index (χ4v) is 5.63. The van der Waals surface area contributed by atoms with E-state index in [1.165, 1.54) is 17.0 Å². The molecule has 35 heavy (non-hydrogen) atoms. The summed E-state index contributed by atoms with van der Waals surface area (Å²) in [5.41, 5.74) is 3.56. The lowest BCUT2D eigenvalue weighted by Gasteiger charge is -2.37. The zero-order valence-corrected chi connectivity index (χ0v) is 21.4. The van der Waals surface area contributed by atoms with E-state index >= 15 is 0 Å². The number of aryl methyl sites for hydroxylation is 2. The van der Waals surface area contributed by atoms with Crippen LogP contribution in [0.1, 0.15) is 20.8 Å². The summed E-state index contributed by atoms with van der Waals surface area (Å²) in [7, 11) is 1.56. The molecule has 1 saturated heterocycles. The van der Waals surface area contributed by atoms with Crippen molar-refractivity contribution in [1.29, 1.82) is 0 Å². The molecule has 0 bridgehead atoms. The molecule has 1 amide bonds. The molecule has 0 spiro atoms. The number of anilines is 3. The first-order valence-electron chi connectivity index (χ1n) is 11.4. The molecular weight excluding hydrogens is 482 g/mol. The Kier molecular flexibility index (Phi) is 6.49. The molecule has 1 aliphatic rings. The molecular formula is C26H26ClN5O2S. The number of nitrogens with one attached hydrogen (secondary N) is 1. The minimum absolute atomic E-state index is 0.203. The van der Waals surface area contributed by atoms with Gasteiger partial charge >= 0.3 is 0 Å². The predicted molar refractivity (Wildman–Crippen MR) is 144 cm³/mol. The SMILES string of the molecule is COc1cc(Cl)c(C)cc1NC(=O)c1sc2ncnc(N3CCN(c4ccccc4)CC3)c2c1C. The molecule has 1 aliphatic heterocycles. The minimum Gasteiger partial charge on any atom is -0.495 e. The molecule has 4 aromatic rings. The van der Waals surface area contributed by atoms with Gasteiger partial charge in [0.25, 0.3) is 5.91 Å². The lowest BCUT2D eigenvalue weighted by molar-refractivity contribution is 0.102. The van der Waals surface area contributed by atoms with Crippen LogP contribution in [0.3, 0.4) is 0 Å². The molecule has 2 aromatic heterocycles. The van der Waals surface area contributed by atoms with Crippen LogP contribution in [0.4, 0.5) is 17.2 Å². The summed E-state index contributed by atoms with van der Waals surface area (Å²) in [5, 5.41) is 4.52. The van der Waals surface area contributed by atoms with Crippen molar-refractivity contribution in [3.63, 3.8) is 0 Å². The number of methoxy groups -OCH3 is 1. The Labute approximate surface area is 213 Å². The normalized spacial score (nSPS) is 13.8. The number of carbonyl (C=O) groups is 1. The first kappa shape index (κ1) is 23.4. The van der Waals surface area contributed by atoms with E-state index in [2.05, 4.69) is 49.4 Å². The maximum Gasteiger partial charge on any atom is 0.266 e. The van der Waals surface area contributed by atoms with Gasteiger partial charge in [0.15, 0.2) is 0 Å². The molecule has 5 rings (SSSR count). The Bertz CT molecular complexity index is 1380. The minimum atomic E-state index is -0.203. The average Bonchev–Trinajstić information content (AvgIpc) is 3.23. The summed E-state index contributed by atoms with van der Waals surface area (Å²) in [6.45, 7) is 7.36. The summed E-state index contributed by atoms with van der Waals surface area (Å²) >= 11 is 7.60. The van der Waals surface area contributed by atoms with Crippen molar-refractivity contribution in [3.8, 4) is 5.75 Å². The zero-order valence-electron chi connectivity index (χ0n) is 19.8. The fourth-order valence-electron chi connectivity index (χ4n) is 4.43. The number of benzene rings is 2. The molecule has 1 N–H and O–H groups in total. The van der Waals surface area contributed by atoms with Crippen molar-refractivity contribution in [2.24, 2.45) is 0 Å². The molecule has 0 unspecified atom stereocenters. The number of hydrogen-bond acceptors (Lipinski definition) is 7. The van der Waals surface area contributed by atoms with E-state index in [4.69, 9.17) is 16.3 Å². The van der Waals surface area contributed by atoms with Crippen LogP contribution in [0.15, 0.2) is 48.8 Å². The quantitative estimate of drug-likeness (QED) is 0.382. The van der Waals surface area contributed by atoms with Gasteiger partial charge in [0, 0.05) is 43.0 Å². The van der Waals surface area contributed by atoms with E-state index in [0.717, 1.165) is 53.3 Å². The molecule has 1 fully saturated rings. The first-order chi connectivity index (χ1) is 17.0. The number of hydrogen-bond donors (Lipinski definition) is 1. The molecule has 3 heterocycles. The van der Waals surface area contributed by atoms with Crippen LogP contribution in [0.2, 0.25) is 5.02 Å². The molecule has 9 heteroatoms. The third-order valence-corrected chi connectivity index (χ3v) is 7.95. The maximum atomic E-state index is 13.3. The van der Waals surface area contributed by atoms with Crippen LogP contribution < -0.4 is 19.9 Å². The average molecular weight is 508 g/mol. The Morgan fingerprint density at radius 2 is 1.77 bits per heavy atom. The van der Waals surface area contributed by atoms with Gasteiger partial charge in [-0.2, -0.15) is 0 Å². The fraction of sp³-hybridized carbons (Fsp3) is 0.269. The van der Waals surface area contributed by atoms with Crippen LogP contribution >= 0.6 is 22.9 Å². The number of para-hydroxylation sites is 1. The number of aromatic nitrogens is 2. The van der Waals surface area contributed by atoms with Crippen LogP contribution in [-0.4, -0.2) is 49.2 Å². The van der Waals surface area contributed by atoms with E-state index in [9.17, 15) is 4.79 Å². The van der Waals surface area contributed by atoms with E-state index in [0.29, 0.717) is 21.3 Å². The predicted octanol–water partition coefficient (Wildman–Crippen LogP) is 5.55. The Morgan fingerprint density at radius 3 is 2.49 bits per heavy atom. The molecule has 0 aliphatic carbocycles. The van der Waals surface area contributed by atoms with Gasteiger partial charge < -0.3 is 19.9 Å². The van der Waals surface area contributed by atoms with Gasteiger partial charge in [-0.15, -0.1) is 11.3 Å². The largest absolute Gasteiger partial charge is 0.495 e. The van der Waals surface area contributed by atoms with Gasteiger partial charge in [-0.3, -0.25) is 4.79 Å². The number of halogens is 1. The second-order valence-corrected chi connectivity index (χ2v) is 9.91. The van der Waals surface area contributed by atoms with Crippen LogP contribution in [0, 0.1) is 13.8 Å². The van der Waals surface area contributed by atoms with Crippen LogP contribution in [0.5, 0.6) is 5.75 Å². The second-order valence-electron chi connectivity index (χ2n) is 8.50. The van der Waals surface area contributed by atoms with Crippen LogP contribution in [0.25, 0.3) is 10.2 Å². The Morgan fingerprint density at radius 1 is 1.06 bits per heavy atom. The molecule has 180 valence electrons. The van der Waals surface area contributed by atoms with Gasteiger partial charge in [0.05, 0.1) is 23.1 Å². The van der Waals surface area contributed by atoms with Gasteiger partial charge in [-0.1, -0.05) is 29.8 Å². The third kappa shape index (κ3) is 4.51. The second kappa shape index (κ2) is 9.71. The lowest BCUT2D eigenvalue weighted by Crippen LogP contribution is -2.46. The van der Waals surface area contributed by atoms with Crippen molar-refractivity contribution in [2.75, 3.05) is 48.4 Å². The molecule has 0 radical (unpaired) electrons. The third-order valence-electron chi connectivity index (χ3n) is 6.34. The van der Waals surface area contributed by atoms with Crippen molar-refractivity contribution in [1.82, 2.24) is 9.97 Å². The van der Waals surface area contributed by atoms with Gasteiger partial charge in [0.1, 0.15) is 22.7 Å². The van der Waals surface area contributed by atoms with Crippen LogP contribution in [-0.2, 0) is 0 Å².